The van der Waals surface area contributed by atoms with Crippen LogP contribution in [0.15, 0.2) is 12.4 Å². The molecule has 0 spiro atoms. The van der Waals surface area contributed by atoms with E-state index in [-0.39, 0.29) is 18.2 Å². The quantitative estimate of drug-likeness (QED) is 0.814. The van der Waals surface area contributed by atoms with Gasteiger partial charge in [-0.3, -0.25) is 9.48 Å². The number of Topliss-reactive ketones (excluding diaryl/α,β-unsaturated/α-hetero) is 1. The molecule has 1 fully saturated rings. The molecule has 17 heavy (non-hydrogen) atoms. The number of rotatable bonds is 3. The SMILES string of the molecule is O=C(Cn1cc(C(F)(F)F)cn1)C1CCOC1. The van der Waals surface area contributed by atoms with Crippen molar-refractivity contribution in [3.8, 4) is 0 Å². The molecule has 1 aromatic rings. The zero-order valence-electron chi connectivity index (χ0n) is 8.91. The van der Waals surface area contributed by atoms with Crippen LogP contribution in [-0.4, -0.2) is 28.8 Å². The molecular weight excluding hydrogens is 237 g/mol. The maximum atomic E-state index is 12.3. The summed E-state index contributed by atoms with van der Waals surface area (Å²) in [6, 6.07) is 0. The van der Waals surface area contributed by atoms with Crippen molar-refractivity contribution < 1.29 is 22.7 Å². The van der Waals surface area contributed by atoms with Crippen molar-refractivity contribution in [1.82, 2.24) is 9.78 Å². The zero-order chi connectivity index (χ0) is 12.5. The molecule has 1 aromatic heterocycles. The van der Waals surface area contributed by atoms with Gasteiger partial charge in [-0.1, -0.05) is 0 Å². The predicted molar refractivity (Wildman–Crippen MR) is 51.2 cm³/mol. The van der Waals surface area contributed by atoms with Crippen LogP contribution in [0, 0.1) is 5.92 Å². The highest BCUT2D eigenvalue weighted by Crippen LogP contribution is 2.28. The van der Waals surface area contributed by atoms with Gasteiger partial charge in [0, 0.05) is 18.7 Å². The van der Waals surface area contributed by atoms with Crippen LogP contribution in [0.2, 0.25) is 0 Å². The van der Waals surface area contributed by atoms with Crippen LogP contribution in [-0.2, 0) is 22.3 Å². The summed E-state index contributed by atoms with van der Waals surface area (Å²) in [5, 5.41) is 3.53. The third-order valence-electron chi connectivity index (χ3n) is 2.66. The molecule has 0 saturated carbocycles. The molecular formula is C10H11F3N2O2. The number of aromatic nitrogens is 2. The van der Waals surface area contributed by atoms with Gasteiger partial charge in [-0.2, -0.15) is 18.3 Å². The Labute approximate surface area is 95.4 Å². The summed E-state index contributed by atoms with van der Waals surface area (Å²) in [4.78, 5) is 11.7. The van der Waals surface area contributed by atoms with E-state index < -0.39 is 11.7 Å². The van der Waals surface area contributed by atoms with Crippen LogP contribution in [0.5, 0.6) is 0 Å². The molecule has 4 nitrogen and oxygen atoms in total. The molecule has 1 aliphatic rings. The van der Waals surface area contributed by atoms with Crippen LogP contribution in [0.3, 0.4) is 0 Å². The summed E-state index contributed by atoms with van der Waals surface area (Å²) in [5.41, 5.74) is -0.840. The molecule has 0 N–H and O–H groups in total. The van der Waals surface area contributed by atoms with Crippen LogP contribution in [0.4, 0.5) is 13.2 Å². The molecule has 0 aromatic carbocycles. The van der Waals surface area contributed by atoms with Crippen molar-refractivity contribution in [2.75, 3.05) is 13.2 Å². The molecule has 1 aliphatic heterocycles. The van der Waals surface area contributed by atoms with Crippen LogP contribution in [0.25, 0.3) is 0 Å². The zero-order valence-corrected chi connectivity index (χ0v) is 8.91. The molecule has 1 atom stereocenters. The van der Waals surface area contributed by atoms with E-state index >= 15 is 0 Å². The molecule has 1 unspecified atom stereocenters. The van der Waals surface area contributed by atoms with Gasteiger partial charge in [-0.25, -0.2) is 0 Å². The number of carbonyl (C=O) groups is 1. The standard InChI is InChI=1S/C10H11F3N2O2/c11-10(12,13)8-3-14-15(4-8)5-9(16)7-1-2-17-6-7/h3-4,7H,1-2,5-6H2. The van der Waals surface area contributed by atoms with E-state index in [9.17, 15) is 18.0 Å². The highest BCUT2D eigenvalue weighted by molar-refractivity contribution is 5.81. The fraction of sp³-hybridized carbons (Fsp3) is 0.600. The first-order valence-electron chi connectivity index (χ1n) is 5.17. The lowest BCUT2D eigenvalue weighted by Crippen LogP contribution is -2.20. The number of hydrogen-bond donors (Lipinski definition) is 0. The first-order valence-corrected chi connectivity index (χ1v) is 5.17. The third-order valence-corrected chi connectivity index (χ3v) is 2.66. The Morgan fingerprint density at radius 1 is 1.59 bits per heavy atom. The third kappa shape index (κ3) is 2.85. The smallest absolute Gasteiger partial charge is 0.381 e. The first kappa shape index (κ1) is 12.1. The Hall–Kier alpha value is -1.37. The minimum atomic E-state index is -4.42. The summed E-state index contributed by atoms with van der Waals surface area (Å²) in [6.45, 7) is 0.750. The Bertz CT molecular complexity index is 408. The topological polar surface area (TPSA) is 44.1 Å². The van der Waals surface area contributed by atoms with Gasteiger partial charge in [0.25, 0.3) is 0 Å². The molecule has 2 rings (SSSR count). The second kappa shape index (κ2) is 4.48. The van der Waals surface area contributed by atoms with Gasteiger partial charge in [0.1, 0.15) is 0 Å². The average molecular weight is 248 g/mol. The van der Waals surface area contributed by atoms with Crippen molar-refractivity contribution in [1.29, 1.82) is 0 Å². The lowest BCUT2D eigenvalue weighted by molar-refractivity contribution is -0.137. The van der Waals surface area contributed by atoms with E-state index in [4.69, 9.17) is 4.74 Å². The van der Waals surface area contributed by atoms with Gasteiger partial charge >= 0.3 is 6.18 Å². The molecule has 0 bridgehead atoms. The lowest BCUT2D eigenvalue weighted by atomic mass is 10.0. The Balaban J connectivity index is 1.99. The van der Waals surface area contributed by atoms with Crippen molar-refractivity contribution in [2.24, 2.45) is 5.92 Å². The normalized spacial score (nSPS) is 20.8. The molecule has 2 heterocycles. The summed E-state index contributed by atoms with van der Waals surface area (Å²) >= 11 is 0. The van der Waals surface area contributed by atoms with E-state index in [0.717, 1.165) is 17.1 Å². The van der Waals surface area contributed by atoms with Gasteiger partial charge in [0.05, 0.1) is 24.9 Å². The highest BCUT2D eigenvalue weighted by Gasteiger charge is 2.32. The van der Waals surface area contributed by atoms with Gasteiger partial charge in [0.2, 0.25) is 0 Å². The van der Waals surface area contributed by atoms with Gasteiger partial charge < -0.3 is 4.74 Å². The van der Waals surface area contributed by atoms with E-state index in [1.807, 2.05) is 0 Å². The number of carbonyl (C=O) groups excluding carboxylic acids is 1. The van der Waals surface area contributed by atoms with Gasteiger partial charge in [0.15, 0.2) is 5.78 Å². The number of ketones is 1. The Morgan fingerprint density at radius 3 is 2.88 bits per heavy atom. The minimum Gasteiger partial charge on any atom is -0.381 e. The van der Waals surface area contributed by atoms with Crippen molar-refractivity contribution in [2.45, 2.75) is 19.1 Å². The fourth-order valence-electron chi connectivity index (χ4n) is 1.67. The summed E-state index contributed by atoms with van der Waals surface area (Å²) < 4.78 is 42.9. The number of ether oxygens (including phenoxy) is 1. The number of nitrogens with zero attached hydrogens (tertiary/aromatic N) is 2. The Morgan fingerprint density at radius 2 is 2.35 bits per heavy atom. The van der Waals surface area contributed by atoms with Crippen LogP contribution in [0.1, 0.15) is 12.0 Å². The Kier molecular flexibility index (Phi) is 3.19. The molecule has 0 aliphatic carbocycles. The monoisotopic (exact) mass is 248 g/mol. The number of hydrogen-bond acceptors (Lipinski definition) is 3. The number of alkyl halides is 3. The summed E-state index contributed by atoms with van der Waals surface area (Å²) in [7, 11) is 0. The molecule has 0 amide bonds. The maximum Gasteiger partial charge on any atom is 0.419 e. The van der Waals surface area contributed by atoms with Crippen molar-refractivity contribution in [3.05, 3.63) is 18.0 Å². The predicted octanol–water partition coefficient (Wildman–Crippen LogP) is 1.51. The molecule has 0 radical (unpaired) electrons. The number of halogens is 3. The van der Waals surface area contributed by atoms with E-state index in [1.54, 1.807) is 0 Å². The van der Waals surface area contributed by atoms with Gasteiger partial charge in [-0.15, -0.1) is 0 Å². The van der Waals surface area contributed by atoms with Gasteiger partial charge in [-0.05, 0) is 6.42 Å². The van der Waals surface area contributed by atoms with Crippen LogP contribution >= 0.6 is 0 Å². The highest BCUT2D eigenvalue weighted by atomic mass is 19.4. The van der Waals surface area contributed by atoms with E-state index in [0.29, 0.717) is 19.6 Å². The lowest BCUT2D eigenvalue weighted by Gasteiger charge is -2.06. The van der Waals surface area contributed by atoms with Crippen LogP contribution < -0.4 is 0 Å². The maximum absolute atomic E-state index is 12.3. The summed E-state index contributed by atoms with van der Waals surface area (Å²) in [6.07, 6.45) is -2.23. The molecule has 7 heteroatoms. The molecule has 1 saturated heterocycles. The average Bonchev–Trinajstić information content (AvgIpc) is 2.85. The van der Waals surface area contributed by atoms with Crippen molar-refractivity contribution in [3.63, 3.8) is 0 Å². The molecule has 94 valence electrons. The summed E-state index contributed by atoms with van der Waals surface area (Å²) in [5.74, 6) is -0.354. The largest absolute Gasteiger partial charge is 0.419 e. The van der Waals surface area contributed by atoms with E-state index in [1.165, 1.54) is 0 Å². The minimum absolute atomic E-state index is 0.135. The first-order chi connectivity index (χ1) is 7.97. The second-order valence-electron chi connectivity index (χ2n) is 3.95. The van der Waals surface area contributed by atoms with E-state index in [2.05, 4.69) is 5.10 Å². The van der Waals surface area contributed by atoms with Crippen molar-refractivity contribution >= 4 is 5.78 Å². The second-order valence-corrected chi connectivity index (χ2v) is 3.95. The fourth-order valence-corrected chi connectivity index (χ4v) is 1.67.